The van der Waals surface area contributed by atoms with Crippen LogP contribution >= 0.6 is 0 Å². The molecular formula is C38H45F4N9O6. The third-order valence-corrected chi connectivity index (χ3v) is 9.45. The third-order valence-electron chi connectivity index (χ3n) is 9.45. The van der Waals surface area contributed by atoms with Gasteiger partial charge in [-0.2, -0.15) is 0 Å². The van der Waals surface area contributed by atoms with Crippen molar-refractivity contribution in [1.29, 1.82) is 0 Å². The fraction of sp³-hybridized carbons (Fsp3) is 0.421. The number of halogens is 4. The first-order valence-electron chi connectivity index (χ1n) is 18.2. The standard InChI is InChI=1S/C38H45F4N9O6/c1-20(2)32(50-37(55)56-5)35(53)51-19-21(3)14-29(51)33-47-18-28(48-33)23-8-6-22(7-9-23)25-15-26(39)27(16-30(25)57-38(40,41)42)49-34(52)24-10-11-31(46-17-24)44-12-13-45-36(54)43-4/h6,8,10-11,15-18,20-21,29,32H,7,9,12-14,19H2,1-5H3,(H,44,46)(H,47,48)(H,49,52)(H,50,55)(H2,43,45,54). The van der Waals surface area contributed by atoms with Crippen LogP contribution in [0.4, 0.5) is 38.7 Å². The summed E-state index contributed by atoms with van der Waals surface area (Å²) in [5, 5.41) is 12.9. The van der Waals surface area contributed by atoms with E-state index in [2.05, 4.69) is 46.3 Å². The molecule has 1 saturated heterocycles. The largest absolute Gasteiger partial charge is 0.573 e. The van der Waals surface area contributed by atoms with Crippen molar-refractivity contribution in [2.45, 2.75) is 58.5 Å². The summed E-state index contributed by atoms with van der Waals surface area (Å²) in [4.78, 5) is 63.5. The van der Waals surface area contributed by atoms with Crippen LogP contribution in [0.1, 0.15) is 73.5 Å². The van der Waals surface area contributed by atoms with Crippen molar-refractivity contribution in [3.8, 4) is 5.75 Å². The Morgan fingerprint density at radius 2 is 1.77 bits per heavy atom. The number of alkyl halides is 3. The Morgan fingerprint density at radius 1 is 1.04 bits per heavy atom. The van der Waals surface area contributed by atoms with Gasteiger partial charge in [0.05, 0.1) is 36.3 Å². The topological polar surface area (TPSA) is 192 Å². The lowest BCUT2D eigenvalue weighted by molar-refractivity contribution is -0.274. The lowest BCUT2D eigenvalue weighted by atomic mass is 9.91. The van der Waals surface area contributed by atoms with Gasteiger partial charge in [0.15, 0.2) is 0 Å². The minimum absolute atomic E-state index is 0.0116. The van der Waals surface area contributed by atoms with Gasteiger partial charge >= 0.3 is 18.5 Å². The van der Waals surface area contributed by atoms with E-state index >= 15 is 4.39 Å². The molecule has 0 radical (unpaired) electrons. The summed E-state index contributed by atoms with van der Waals surface area (Å²) in [5.41, 5.74) is 1.14. The Hall–Kier alpha value is -6.14. The van der Waals surface area contributed by atoms with Gasteiger partial charge in [-0.05, 0) is 60.4 Å². The van der Waals surface area contributed by atoms with E-state index in [4.69, 9.17) is 4.74 Å². The van der Waals surface area contributed by atoms with Gasteiger partial charge < -0.3 is 45.9 Å². The van der Waals surface area contributed by atoms with E-state index in [1.807, 2.05) is 20.8 Å². The van der Waals surface area contributed by atoms with Gasteiger partial charge in [0.2, 0.25) is 5.91 Å². The predicted molar refractivity (Wildman–Crippen MR) is 202 cm³/mol. The van der Waals surface area contributed by atoms with Crippen LogP contribution in [0.5, 0.6) is 5.75 Å². The normalized spacial score (nSPS) is 17.3. The van der Waals surface area contributed by atoms with Gasteiger partial charge in [0.25, 0.3) is 5.91 Å². The number of aromatic amines is 1. The molecule has 306 valence electrons. The number of urea groups is 1. The molecule has 1 aromatic carbocycles. The summed E-state index contributed by atoms with van der Waals surface area (Å²) >= 11 is 0. The molecule has 3 unspecified atom stereocenters. The highest BCUT2D eigenvalue weighted by Gasteiger charge is 2.40. The van der Waals surface area contributed by atoms with Crippen LogP contribution in [0.15, 0.2) is 48.8 Å². The zero-order valence-electron chi connectivity index (χ0n) is 32.0. The molecular weight excluding hydrogens is 754 g/mol. The number of likely N-dealkylation sites (tertiary alicyclic amines) is 1. The Balaban J connectivity index is 1.31. The van der Waals surface area contributed by atoms with Crippen molar-refractivity contribution in [3.05, 3.63) is 77.3 Å². The highest BCUT2D eigenvalue weighted by atomic mass is 19.4. The molecule has 19 heteroatoms. The zero-order chi connectivity index (χ0) is 41.4. The van der Waals surface area contributed by atoms with Crippen molar-refractivity contribution in [2.24, 2.45) is 11.8 Å². The number of anilines is 2. The molecule has 3 heterocycles. The molecule has 1 fully saturated rings. The molecule has 6 N–H and O–H groups in total. The number of rotatable bonds is 13. The average molecular weight is 800 g/mol. The quantitative estimate of drug-likeness (QED) is 0.0891. The second-order valence-electron chi connectivity index (χ2n) is 14.0. The second kappa shape index (κ2) is 18.2. The molecule has 0 spiro atoms. The van der Waals surface area contributed by atoms with Crippen molar-refractivity contribution in [3.63, 3.8) is 0 Å². The number of aromatic nitrogens is 3. The number of ether oxygens (including phenoxy) is 2. The minimum Gasteiger partial charge on any atom is -0.453 e. The molecule has 57 heavy (non-hydrogen) atoms. The molecule has 1 aliphatic carbocycles. The minimum atomic E-state index is -5.11. The van der Waals surface area contributed by atoms with Crippen molar-refractivity contribution in [2.75, 3.05) is 44.4 Å². The number of carbonyl (C=O) groups is 4. The highest BCUT2D eigenvalue weighted by molar-refractivity contribution is 6.04. The number of nitrogens with one attached hydrogen (secondary N) is 6. The maximum atomic E-state index is 15.5. The lowest BCUT2D eigenvalue weighted by Crippen LogP contribution is -2.51. The fourth-order valence-corrected chi connectivity index (χ4v) is 6.57. The average Bonchev–Trinajstić information content (AvgIpc) is 3.83. The number of allylic oxidation sites excluding steroid dienone is 4. The molecule has 15 nitrogen and oxygen atoms in total. The summed E-state index contributed by atoms with van der Waals surface area (Å²) < 4.78 is 65.3. The maximum Gasteiger partial charge on any atom is 0.573 e. The smallest absolute Gasteiger partial charge is 0.453 e. The summed E-state index contributed by atoms with van der Waals surface area (Å²) in [5.74, 6) is -1.86. The van der Waals surface area contributed by atoms with Crippen LogP contribution < -0.4 is 31.3 Å². The number of nitrogens with zero attached hydrogens (tertiary/aromatic N) is 3. The first kappa shape index (κ1) is 42.0. The van der Waals surface area contributed by atoms with Crippen LogP contribution in [0.3, 0.4) is 0 Å². The number of H-pyrrole nitrogens is 1. The molecule has 0 saturated carbocycles. The third kappa shape index (κ3) is 10.8. The monoisotopic (exact) mass is 799 g/mol. The van der Waals surface area contributed by atoms with Gasteiger partial charge in [-0.1, -0.05) is 32.9 Å². The fourth-order valence-electron chi connectivity index (χ4n) is 6.57. The van der Waals surface area contributed by atoms with Gasteiger partial charge in [0, 0.05) is 44.5 Å². The number of methoxy groups -OCH3 is 1. The number of carbonyl (C=O) groups excluding carboxylic acids is 4. The number of imidazole rings is 1. The van der Waals surface area contributed by atoms with E-state index in [9.17, 15) is 32.3 Å². The number of alkyl carbamates (subject to hydrolysis) is 1. The zero-order valence-corrected chi connectivity index (χ0v) is 32.0. The van der Waals surface area contributed by atoms with Crippen LogP contribution in [0, 0.1) is 17.7 Å². The van der Waals surface area contributed by atoms with Gasteiger partial charge in [-0.25, -0.2) is 23.9 Å². The Morgan fingerprint density at radius 3 is 2.40 bits per heavy atom. The molecule has 3 aromatic rings. The Labute approximate surface area is 326 Å². The second-order valence-corrected chi connectivity index (χ2v) is 14.0. The SMILES string of the molecule is CNC(=O)NCCNc1ccc(C(=O)Nc2cc(OC(F)(F)F)c(C3=CC=C(c4cnc(C5CC(C)CN5C(=O)C(NC(=O)OC)C(C)C)[nH]4)CC3)cc2F)cn1. The molecule has 3 atom stereocenters. The highest BCUT2D eigenvalue weighted by Crippen LogP contribution is 2.41. The Bertz CT molecular complexity index is 2020. The van der Waals surface area contributed by atoms with E-state index in [1.165, 1.54) is 32.5 Å². The molecule has 2 aliphatic rings. The summed E-state index contributed by atoms with van der Waals surface area (Å²) in [7, 11) is 2.71. The molecule has 2 aromatic heterocycles. The molecule has 0 bridgehead atoms. The van der Waals surface area contributed by atoms with Crippen LogP contribution in [-0.2, 0) is 9.53 Å². The number of pyridine rings is 1. The van der Waals surface area contributed by atoms with Crippen molar-refractivity contribution >= 4 is 46.6 Å². The van der Waals surface area contributed by atoms with E-state index < -0.39 is 41.7 Å². The summed E-state index contributed by atoms with van der Waals surface area (Å²) in [6.45, 7) is 6.77. The molecule has 5 amide bonds. The number of hydrogen-bond donors (Lipinski definition) is 6. The maximum absolute atomic E-state index is 15.5. The predicted octanol–water partition coefficient (Wildman–Crippen LogP) is 5.99. The summed E-state index contributed by atoms with van der Waals surface area (Å²) in [6.07, 6.45) is 1.48. The van der Waals surface area contributed by atoms with E-state index in [-0.39, 0.29) is 47.4 Å². The molecule has 5 rings (SSSR count). The van der Waals surface area contributed by atoms with Gasteiger partial charge in [0.1, 0.15) is 29.3 Å². The van der Waals surface area contributed by atoms with Gasteiger partial charge in [-0.3, -0.25) is 9.59 Å². The van der Waals surface area contributed by atoms with Crippen molar-refractivity contribution < 1.29 is 46.2 Å². The first-order valence-corrected chi connectivity index (χ1v) is 18.2. The van der Waals surface area contributed by atoms with E-state index in [0.717, 1.165) is 17.7 Å². The number of benzene rings is 1. The van der Waals surface area contributed by atoms with Crippen LogP contribution in [0.2, 0.25) is 0 Å². The number of amides is 5. The first-order chi connectivity index (χ1) is 27.1. The molecule has 1 aliphatic heterocycles. The van der Waals surface area contributed by atoms with Gasteiger partial charge in [-0.15, -0.1) is 13.2 Å². The van der Waals surface area contributed by atoms with Crippen molar-refractivity contribution in [1.82, 2.24) is 35.8 Å². The van der Waals surface area contributed by atoms with E-state index in [1.54, 1.807) is 23.2 Å². The van der Waals surface area contributed by atoms with E-state index in [0.29, 0.717) is 55.4 Å². The number of hydrogen-bond acceptors (Lipinski definition) is 9. The lowest BCUT2D eigenvalue weighted by Gasteiger charge is -2.30. The van der Waals surface area contributed by atoms with Crippen LogP contribution in [0.25, 0.3) is 11.1 Å². The van der Waals surface area contributed by atoms with Crippen LogP contribution in [-0.4, -0.2) is 90.0 Å². The summed E-state index contributed by atoms with van der Waals surface area (Å²) in [6, 6.07) is 3.01. The Kier molecular flexibility index (Phi) is 13.4.